The zero-order valence-corrected chi connectivity index (χ0v) is 22.1. The van der Waals surface area contributed by atoms with Crippen molar-refractivity contribution < 1.29 is 19.4 Å². The highest BCUT2D eigenvalue weighted by Gasteiger charge is 2.55. The first-order chi connectivity index (χ1) is 18.4. The molecule has 1 aromatic heterocycles. The highest BCUT2D eigenvalue weighted by Crippen LogP contribution is 2.52. The van der Waals surface area contributed by atoms with Crippen LogP contribution in [-0.2, 0) is 4.79 Å². The molecule has 1 aliphatic heterocycles. The Bertz CT molecular complexity index is 1240. The van der Waals surface area contributed by atoms with Gasteiger partial charge in [-0.1, -0.05) is 12.8 Å². The van der Waals surface area contributed by atoms with Gasteiger partial charge in [-0.2, -0.15) is 4.98 Å². The number of ether oxygens (including phenoxy) is 1. The maximum atomic E-state index is 13.3. The van der Waals surface area contributed by atoms with E-state index in [1.54, 1.807) is 36.4 Å². The number of nitrogens with zero attached hydrogens (tertiary/aromatic N) is 4. The summed E-state index contributed by atoms with van der Waals surface area (Å²) in [5.41, 5.74) is 1.52. The second kappa shape index (κ2) is 9.72. The molecule has 1 aromatic carbocycles. The van der Waals surface area contributed by atoms with Gasteiger partial charge in [0.2, 0.25) is 11.9 Å². The van der Waals surface area contributed by atoms with Gasteiger partial charge in [0.15, 0.2) is 5.82 Å². The van der Waals surface area contributed by atoms with Gasteiger partial charge in [0.05, 0.1) is 36.6 Å². The Hall–Kier alpha value is -3.40. The van der Waals surface area contributed by atoms with Gasteiger partial charge in [-0.05, 0) is 63.1 Å². The maximum absolute atomic E-state index is 13.3. The van der Waals surface area contributed by atoms with Crippen LogP contribution in [0.4, 0.5) is 23.1 Å². The molecule has 0 saturated heterocycles. The van der Waals surface area contributed by atoms with Crippen molar-refractivity contribution in [2.45, 2.75) is 76.0 Å². The summed E-state index contributed by atoms with van der Waals surface area (Å²) in [6.07, 6.45) is 10.1. The molecule has 10 heteroatoms. The highest BCUT2D eigenvalue weighted by molar-refractivity contribution is 6.03. The van der Waals surface area contributed by atoms with E-state index in [1.807, 2.05) is 7.05 Å². The van der Waals surface area contributed by atoms with E-state index in [1.165, 1.54) is 12.8 Å². The van der Waals surface area contributed by atoms with Gasteiger partial charge in [0, 0.05) is 25.2 Å². The van der Waals surface area contributed by atoms with Gasteiger partial charge in [-0.3, -0.25) is 9.59 Å². The quantitative estimate of drug-likeness (QED) is 0.530. The summed E-state index contributed by atoms with van der Waals surface area (Å²) in [7, 11) is 3.38. The van der Waals surface area contributed by atoms with Crippen LogP contribution in [0.1, 0.15) is 68.1 Å². The summed E-state index contributed by atoms with van der Waals surface area (Å²) in [6.45, 7) is 0.702. The summed E-state index contributed by atoms with van der Waals surface area (Å²) in [6, 6.07) is 5.33. The fourth-order valence-electron chi connectivity index (χ4n) is 6.27. The van der Waals surface area contributed by atoms with Crippen molar-refractivity contribution in [1.29, 1.82) is 0 Å². The summed E-state index contributed by atoms with van der Waals surface area (Å²) in [4.78, 5) is 39.6. The monoisotopic (exact) mass is 520 g/mol. The van der Waals surface area contributed by atoms with Gasteiger partial charge in [0.25, 0.3) is 5.91 Å². The number of benzene rings is 1. The highest BCUT2D eigenvalue weighted by atomic mass is 16.5. The number of aromatic nitrogens is 2. The Labute approximate surface area is 222 Å². The number of methoxy groups -OCH3 is 1. The number of amides is 2. The van der Waals surface area contributed by atoms with Crippen molar-refractivity contribution in [2.75, 3.05) is 35.8 Å². The molecule has 3 N–H and O–H groups in total. The van der Waals surface area contributed by atoms with Crippen LogP contribution in [0.15, 0.2) is 24.4 Å². The van der Waals surface area contributed by atoms with E-state index in [4.69, 9.17) is 9.72 Å². The Balaban J connectivity index is 1.27. The lowest BCUT2D eigenvalue weighted by Crippen LogP contribution is -2.41. The van der Waals surface area contributed by atoms with Crippen LogP contribution < -0.4 is 25.2 Å². The lowest BCUT2D eigenvalue weighted by molar-refractivity contribution is -0.122. The average Bonchev–Trinajstić information content (AvgIpc) is 3.32. The van der Waals surface area contributed by atoms with Crippen molar-refractivity contribution in [2.24, 2.45) is 5.41 Å². The van der Waals surface area contributed by atoms with Crippen molar-refractivity contribution in [3.8, 4) is 5.75 Å². The molecule has 1 spiro atoms. The van der Waals surface area contributed by atoms with Gasteiger partial charge in [0.1, 0.15) is 11.4 Å². The minimum absolute atomic E-state index is 0.157. The molecule has 4 aliphatic rings. The zero-order chi connectivity index (χ0) is 26.4. The maximum Gasteiger partial charge on any atom is 0.251 e. The smallest absolute Gasteiger partial charge is 0.251 e. The largest absolute Gasteiger partial charge is 0.495 e. The number of fused-ring (bicyclic) bond motifs is 1. The summed E-state index contributed by atoms with van der Waals surface area (Å²) in [5.74, 6) is 1.60. The molecular formula is C28H36N6O4. The standard InChI is InChI=1S/C28H36N6O4/c1-33-21-15-29-27(32-24(21)34(18-6-3-4-7-18)16-28(12-13-28)26(33)37)31-20-11-10-17(14-23(20)38-2)25(36)30-19-8-5-9-22(19)35/h10-11,14-15,18-19,22,35H,3-9,12-13,16H2,1-2H3,(H,30,36)(H,29,31,32). The van der Waals surface area contributed by atoms with Gasteiger partial charge in [-0.15, -0.1) is 0 Å². The Morgan fingerprint density at radius 1 is 1.16 bits per heavy atom. The lowest BCUT2D eigenvalue weighted by atomic mass is 10.0. The van der Waals surface area contributed by atoms with E-state index < -0.39 is 6.10 Å². The third-order valence-electron chi connectivity index (χ3n) is 8.74. The molecule has 2 aromatic rings. The van der Waals surface area contributed by atoms with Gasteiger partial charge < -0.3 is 30.3 Å². The first-order valence-electron chi connectivity index (χ1n) is 13.7. The van der Waals surface area contributed by atoms with Crippen molar-refractivity contribution >= 4 is 35.0 Å². The lowest BCUT2D eigenvalue weighted by Gasteiger charge is -2.31. The predicted octanol–water partition coefficient (Wildman–Crippen LogP) is 3.38. The van der Waals surface area contributed by atoms with E-state index in [2.05, 4.69) is 20.5 Å². The van der Waals surface area contributed by atoms with Crippen LogP contribution in [0.2, 0.25) is 0 Å². The fraction of sp³-hybridized carbons (Fsp3) is 0.571. The molecule has 2 unspecified atom stereocenters. The number of hydrogen-bond acceptors (Lipinski definition) is 8. The van der Waals surface area contributed by atoms with E-state index in [0.29, 0.717) is 42.0 Å². The molecular weight excluding hydrogens is 484 g/mol. The molecule has 2 atom stereocenters. The summed E-state index contributed by atoms with van der Waals surface area (Å²) in [5, 5.41) is 16.3. The Morgan fingerprint density at radius 2 is 1.95 bits per heavy atom. The fourth-order valence-corrected chi connectivity index (χ4v) is 6.27. The molecule has 38 heavy (non-hydrogen) atoms. The number of carbonyl (C=O) groups excluding carboxylic acids is 2. The molecule has 202 valence electrons. The van der Waals surface area contributed by atoms with E-state index >= 15 is 0 Å². The molecule has 3 fully saturated rings. The second-order valence-electron chi connectivity index (χ2n) is 11.2. The van der Waals surface area contributed by atoms with E-state index in [-0.39, 0.29) is 23.3 Å². The van der Waals surface area contributed by atoms with Crippen LogP contribution in [0.5, 0.6) is 5.75 Å². The molecule has 2 amide bonds. The van der Waals surface area contributed by atoms with Crippen molar-refractivity contribution in [3.63, 3.8) is 0 Å². The minimum Gasteiger partial charge on any atom is -0.495 e. The molecule has 10 nitrogen and oxygen atoms in total. The minimum atomic E-state index is -0.500. The zero-order valence-electron chi connectivity index (χ0n) is 22.1. The van der Waals surface area contributed by atoms with Crippen LogP contribution in [0, 0.1) is 5.41 Å². The second-order valence-corrected chi connectivity index (χ2v) is 11.2. The Morgan fingerprint density at radius 3 is 2.63 bits per heavy atom. The van der Waals surface area contributed by atoms with E-state index in [0.717, 1.165) is 50.0 Å². The third-order valence-corrected chi connectivity index (χ3v) is 8.74. The van der Waals surface area contributed by atoms with Crippen molar-refractivity contribution in [3.05, 3.63) is 30.0 Å². The van der Waals surface area contributed by atoms with Crippen LogP contribution >= 0.6 is 0 Å². The van der Waals surface area contributed by atoms with Crippen molar-refractivity contribution in [1.82, 2.24) is 15.3 Å². The number of aliphatic hydroxyl groups is 1. The average molecular weight is 521 g/mol. The summed E-state index contributed by atoms with van der Waals surface area (Å²) < 4.78 is 5.59. The van der Waals surface area contributed by atoms with Gasteiger partial charge in [-0.25, -0.2) is 4.98 Å². The van der Waals surface area contributed by atoms with Crippen LogP contribution in [0.25, 0.3) is 0 Å². The first-order valence-corrected chi connectivity index (χ1v) is 13.7. The predicted molar refractivity (Wildman–Crippen MR) is 144 cm³/mol. The molecule has 0 bridgehead atoms. The first kappa shape index (κ1) is 24.9. The normalized spacial score (nSPS) is 24.3. The number of anilines is 4. The number of aliphatic hydroxyl groups excluding tert-OH is 1. The number of hydrogen-bond donors (Lipinski definition) is 3. The number of rotatable bonds is 6. The van der Waals surface area contributed by atoms with Crippen LogP contribution in [0.3, 0.4) is 0 Å². The van der Waals surface area contributed by atoms with Crippen LogP contribution in [-0.4, -0.2) is 65.8 Å². The number of nitrogens with one attached hydrogen (secondary N) is 2. The summed E-state index contributed by atoms with van der Waals surface area (Å²) >= 11 is 0. The molecule has 2 heterocycles. The SMILES string of the molecule is COc1cc(C(=O)NC2CCCC2O)ccc1Nc1ncc2c(n1)N(C1CCCC1)CC1(CC1)C(=O)N2C. The molecule has 6 rings (SSSR count). The third kappa shape index (κ3) is 4.44. The number of carbonyl (C=O) groups is 2. The molecule has 3 aliphatic carbocycles. The molecule has 0 radical (unpaired) electrons. The Kier molecular flexibility index (Phi) is 6.37. The molecule has 3 saturated carbocycles. The topological polar surface area (TPSA) is 120 Å². The van der Waals surface area contributed by atoms with Gasteiger partial charge >= 0.3 is 0 Å². The van der Waals surface area contributed by atoms with E-state index in [9.17, 15) is 14.7 Å².